The van der Waals surface area contributed by atoms with Crippen molar-refractivity contribution in [3.63, 3.8) is 0 Å². The molecule has 1 aromatic carbocycles. The van der Waals surface area contributed by atoms with Crippen LogP contribution in [-0.2, 0) is 6.54 Å². The van der Waals surface area contributed by atoms with Crippen LogP contribution in [0.5, 0.6) is 0 Å². The number of halogens is 1. The predicted molar refractivity (Wildman–Crippen MR) is 78.4 cm³/mol. The van der Waals surface area contributed by atoms with E-state index in [1.807, 2.05) is 30.3 Å². The number of rotatable bonds is 6. The first-order chi connectivity index (χ1) is 9.29. The molecule has 2 rings (SSSR count). The number of benzene rings is 1. The maximum Gasteiger partial charge on any atom is 0.129 e. The molecule has 4 heteroatoms. The van der Waals surface area contributed by atoms with Crippen molar-refractivity contribution in [1.29, 1.82) is 0 Å². The van der Waals surface area contributed by atoms with Crippen molar-refractivity contribution in [2.75, 3.05) is 18.1 Å². The van der Waals surface area contributed by atoms with E-state index in [0.29, 0.717) is 5.15 Å². The topological polar surface area (TPSA) is 36.4 Å². The summed E-state index contributed by atoms with van der Waals surface area (Å²) in [4.78, 5) is 6.21. The third-order valence-electron chi connectivity index (χ3n) is 2.87. The summed E-state index contributed by atoms with van der Waals surface area (Å²) in [5.41, 5.74) is 2.26. The quantitative estimate of drug-likeness (QED) is 0.824. The van der Waals surface area contributed by atoms with Gasteiger partial charge in [-0.05, 0) is 36.2 Å². The summed E-state index contributed by atoms with van der Waals surface area (Å²) >= 11 is 5.91. The first-order valence-electron chi connectivity index (χ1n) is 6.31. The van der Waals surface area contributed by atoms with Crippen LogP contribution in [0.4, 0.5) is 5.69 Å². The van der Waals surface area contributed by atoms with E-state index in [1.54, 1.807) is 6.20 Å². The zero-order valence-electron chi connectivity index (χ0n) is 10.7. The average molecular weight is 277 g/mol. The molecule has 3 nitrogen and oxygen atoms in total. The van der Waals surface area contributed by atoms with Crippen molar-refractivity contribution in [1.82, 2.24) is 4.98 Å². The van der Waals surface area contributed by atoms with Gasteiger partial charge in [-0.1, -0.05) is 29.8 Å². The molecule has 0 amide bonds. The second-order valence-corrected chi connectivity index (χ2v) is 4.71. The van der Waals surface area contributed by atoms with Crippen LogP contribution >= 0.6 is 11.6 Å². The van der Waals surface area contributed by atoms with Crippen LogP contribution in [0.3, 0.4) is 0 Å². The van der Waals surface area contributed by atoms with Gasteiger partial charge >= 0.3 is 0 Å². The lowest BCUT2D eigenvalue weighted by atomic mass is 10.2. The summed E-state index contributed by atoms with van der Waals surface area (Å²) in [7, 11) is 0. The molecular weight excluding hydrogens is 260 g/mol. The molecule has 0 radical (unpaired) electrons. The molecule has 0 saturated heterocycles. The minimum absolute atomic E-state index is 0.195. The molecule has 100 valence electrons. The Hall–Kier alpha value is -1.58. The van der Waals surface area contributed by atoms with Gasteiger partial charge in [-0.25, -0.2) is 4.98 Å². The van der Waals surface area contributed by atoms with Crippen molar-refractivity contribution in [3.05, 3.63) is 59.4 Å². The maximum atomic E-state index is 9.01. The second-order valence-electron chi connectivity index (χ2n) is 4.32. The highest BCUT2D eigenvalue weighted by atomic mass is 35.5. The number of para-hydroxylation sites is 1. The molecule has 2 aromatic rings. The second kappa shape index (κ2) is 7.12. The van der Waals surface area contributed by atoms with Gasteiger partial charge in [-0.2, -0.15) is 0 Å². The lowest BCUT2D eigenvalue weighted by Gasteiger charge is -2.24. The minimum Gasteiger partial charge on any atom is -0.396 e. The highest BCUT2D eigenvalue weighted by Crippen LogP contribution is 2.18. The van der Waals surface area contributed by atoms with Crippen LogP contribution in [0.2, 0.25) is 5.15 Å². The molecule has 19 heavy (non-hydrogen) atoms. The average Bonchev–Trinajstić information content (AvgIpc) is 2.44. The lowest BCUT2D eigenvalue weighted by molar-refractivity contribution is 0.289. The van der Waals surface area contributed by atoms with E-state index in [0.717, 1.165) is 30.8 Å². The molecule has 0 aliphatic rings. The Balaban J connectivity index is 2.14. The van der Waals surface area contributed by atoms with Gasteiger partial charge in [-0.3, -0.25) is 0 Å². The molecule has 1 heterocycles. The summed E-state index contributed by atoms with van der Waals surface area (Å²) in [6.07, 6.45) is 2.46. The number of nitrogens with zero attached hydrogens (tertiary/aromatic N) is 2. The fourth-order valence-electron chi connectivity index (χ4n) is 1.96. The van der Waals surface area contributed by atoms with E-state index in [1.165, 1.54) is 0 Å². The van der Waals surface area contributed by atoms with Gasteiger partial charge in [0.25, 0.3) is 0 Å². The van der Waals surface area contributed by atoms with Gasteiger partial charge in [0, 0.05) is 31.6 Å². The molecule has 1 aromatic heterocycles. The van der Waals surface area contributed by atoms with Crippen LogP contribution < -0.4 is 4.90 Å². The molecule has 0 bridgehead atoms. The summed E-state index contributed by atoms with van der Waals surface area (Å²) in [6, 6.07) is 14.0. The number of pyridine rings is 1. The molecule has 0 aliphatic carbocycles. The molecule has 0 unspecified atom stereocenters. The number of anilines is 1. The van der Waals surface area contributed by atoms with E-state index in [2.05, 4.69) is 22.0 Å². The van der Waals surface area contributed by atoms with Crippen LogP contribution in [-0.4, -0.2) is 23.2 Å². The Morgan fingerprint density at radius 2 is 1.95 bits per heavy atom. The predicted octanol–water partition coefficient (Wildman–Crippen LogP) is 3.12. The van der Waals surface area contributed by atoms with E-state index in [9.17, 15) is 0 Å². The Labute approximate surface area is 118 Å². The largest absolute Gasteiger partial charge is 0.396 e. The summed E-state index contributed by atoms with van der Waals surface area (Å²) < 4.78 is 0. The summed E-state index contributed by atoms with van der Waals surface area (Å²) in [5.74, 6) is 0. The maximum absolute atomic E-state index is 9.01. The highest BCUT2D eigenvalue weighted by molar-refractivity contribution is 6.29. The van der Waals surface area contributed by atoms with E-state index in [4.69, 9.17) is 16.7 Å². The van der Waals surface area contributed by atoms with Gasteiger partial charge in [0.15, 0.2) is 0 Å². The number of hydrogen-bond donors (Lipinski definition) is 1. The van der Waals surface area contributed by atoms with Gasteiger partial charge in [0.05, 0.1) is 0 Å². The van der Waals surface area contributed by atoms with Crippen LogP contribution in [0.15, 0.2) is 48.7 Å². The summed E-state index contributed by atoms with van der Waals surface area (Å²) in [5, 5.41) is 9.52. The zero-order valence-corrected chi connectivity index (χ0v) is 11.4. The fraction of sp³-hybridized carbons (Fsp3) is 0.267. The number of aromatic nitrogens is 1. The molecule has 0 saturated carbocycles. The Morgan fingerprint density at radius 1 is 1.16 bits per heavy atom. The van der Waals surface area contributed by atoms with Crippen LogP contribution in [0, 0.1) is 0 Å². The Morgan fingerprint density at radius 3 is 2.63 bits per heavy atom. The van der Waals surface area contributed by atoms with Gasteiger partial charge < -0.3 is 10.0 Å². The molecule has 0 spiro atoms. The third kappa shape index (κ3) is 4.23. The molecule has 0 atom stereocenters. The molecule has 0 aliphatic heterocycles. The van der Waals surface area contributed by atoms with Gasteiger partial charge in [-0.15, -0.1) is 0 Å². The normalized spacial score (nSPS) is 10.4. The third-order valence-corrected chi connectivity index (χ3v) is 3.08. The Bertz CT molecular complexity index is 505. The van der Waals surface area contributed by atoms with Crippen molar-refractivity contribution in [2.24, 2.45) is 0 Å². The number of hydrogen-bond acceptors (Lipinski definition) is 3. The van der Waals surface area contributed by atoms with E-state index >= 15 is 0 Å². The lowest BCUT2D eigenvalue weighted by Crippen LogP contribution is -2.24. The van der Waals surface area contributed by atoms with E-state index < -0.39 is 0 Å². The van der Waals surface area contributed by atoms with Crippen molar-refractivity contribution in [3.8, 4) is 0 Å². The number of aliphatic hydroxyl groups is 1. The van der Waals surface area contributed by atoms with Gasteiger partial charge in [0.1, 0.15) is 5.15 Å². The Kier molecular flexibility index (Phi) is 5.19. The standard InChI is InChI=1S/C15H17ClN2O/c16-15-11-13(7-8-17-15)12-18(9-4-10-19)14-5-2-1-3-6-14/h1-3,5-8,11,19H,4,9-10,12H2. The first kappa shape index (κ1) is 13.8. The van der Waals surface area contributed by atoms with Crippen molar-refractivity contribution in [2.45, 2.75) is 13.0 Å². The van der Waals surface area contributed by atoms with Crippen LogP contribution in [0.1, 0.15) is 12.0 Å². The number of aliphatic hydroxyl groups excluding tert-OH is 1. The molecule has 0 fully saturated rings. The van der Waals surface area contributed by atoms with Gasteiger partial charge in [0.2, 0.25) is 0 Å². The van der Waals surface area contributed by atoms with Crippen molar-refractivity contribution < 1.29 is 5.11 Å². The monoisotopic (exact) mass is 276 g/mol. The highest BCUT2D eigenvalue weighted by Gasteiger charge is 2.07. The first-order valence-corrected chi connectivity index (χ1v) is 6.68. The smallest absolute Gasteiger partial charge is 0.129 e. The van der Waals surface area contributed by atoms with E-state index in [-0.39, 0.29) is 6.61 Å². The minimum atomic E-state index is 0.195. The van der Waals surface area contributed by atoms with Crippen LogP contribution in [0.25, 0.3) is 0 Å². The SMILES string of the molecule is OCCCN(Cc1ccnc(Cl)c1)c1ccccc1. The summed E-state index contributed by atoms with van der Waals surface area (Å²) in [6.45, 7) is 1.76. The van der Waals surface area contributed by atoms with Crippen molar-refractivity contribution >= 4 is 17.3 Å². The zero-order chi connectivity index (χ0) is 13.5. The fourth-order valence-corrected chi connectivity index (χ4v) is 2.16. The molecule has 1 N–H and O–H groups in total. The molecular formula is C15H17ClN2O.